The molecule has 0 radical (unpaired) electrons. The summed E-state index contributed by atoms with van der Waals surface area (Å²) in [6.07, 6.45) is 3.95. The maximum atomic E-state index is 12.9. The summed E-state index contributed by atoms with van der Waals surface area (Å²) in [5.41, 5.74) is 0.455. The molecule has 1 N–H and O–H groups in total. The van der Waals surface area contributed by atoms with E-state index in [0.29, 0.717) is 24.2 Å². The van der Waals surface area contributed by atoms with Gasteiger partial charge in [0.25, 0.3) is 5.91 Å². The molecule has 1 spiro atoms. The number of rotatable bonds is 3. The summed E-state index contributed by atoms with van der Waals surface area (Å²) in [5, 5.41) is 10.7. The molecule has 0 bridgehead atoms. The molecule has 4 rings (SSSR count). The molecule has 118 valence electrons. The third-order valence-corrected chi connectivity index (χ3v) is 4.41. The first kappa shape index (κ1) is 13.9. The standard InChI is InChI=1S/C15H14FN5O2/c16-10-2-4-12(5-3-10)21-9-11(18-19-21)8-20-13(22)15(6-1-7-15)17-14(20)23/h2-5,9H,1,6-8H2,(H,17,23). The van der Waals surface area contributed by atoms with Crippen LogP contribution in [0.3, 0.4) is 0 Å². The van der Waals surface area contributed by atoms with E-state index in [-0.39, 0.29) is 24.3 Å². The van der Waals surface area contributed by atoms with Crippen LogP contribution in [-0.4, -0.2) is 37.4 Å². The maximum absolute atomic E-state index is 12.9. The molecule has 1 aromatic heterocycles. The smallest absolute Gasteiger partial charge is 0.323 e. The minimum atomic E-state index is -0.690. The average Bonchev–Trinajstić information content (AvgIpc) is 3.06. The van der Waals surface area contributed by atoms with Crippen LogP contribution in [-0.2, 0) is 11.3 Å². The van der Waals surface area contributed by atoms with Crippen LogP contribution in [0.1, 0.15) is 25.0 Å². The molecule has 2 fully saturated rings. The molecule has 1 aromatic carbocycles. The fourth-order valence-corrected chi connectivity index (χ4v) is 2.94. The first-order chi connectivity index (χ1) is 11.1. The molecule has 2 aliphatic rings. The third kappa shape index (κ3) is 2.18. The Kier molecular flexibility index (Phi) is 2.93. The van der Waals surface area contributed by atoms with Gasteiger partial charge >= 0.3 is 6.03 Å². The van der Waals surface area contributed by atoms with Gasteiger partial charge in [0.05, 0.1) is 18.4 Å². The van der Waals surface area contributed by atoms with Gasteiger partial charge < -0.3 is 5.32 Å². The molecule has 7 nitrogen and oxygen atoms in total. The second-order valence-electron chi connectivity index (χ2n) is 5.89. The van der Waals surface area contributed by atoms with Crippen LogP contribution >= 0.6 is 0 Å². The fourth-order valence-electron chi connectivity index (χ4n) is 2.94. The molecular weight excluding hydrogens is 301 g/mol. The molecule has 23 heavy (non-hydrogen) atoms. The Morgan fingerprint density at radius 2 is 1.96 bits per heavy atom. The van der Waals surface area contributed by atoms with Gasteiger partial charge in [-0.3, -0.25) is 9.69 Å². The molecule has 2 heterocycles. The Hall–Kier alpha value is -2.77. The summed E-state index contributed by atoms with van der Waals surface area (Å²) in [6, 6.07) is 5.42. The lowest BCUT2D eigenvalue weighted by molar-refractivity contribution is -0.134. The molecule has 0 unspecified atom stereocenters. The summed E-state index contributed by atoms with van der Waals surface area (Å²) < 4.78 is 14.4. The normalized spacial score (nSPS) is 19.1. The van der Waals surface area contributed by atoms with Crippen LogP contribution in [0.2, 0.25) is 0 Å². The molecular formula is C15H14FN5O2. The van der Waals surface area contributed by atoms with Crippen molar-refractivity contribution in [2.75, 3.05) is 0 Å². The van der Waals surface area contributed by atoms with Crippen molar-refractivity contribution in [1.29, 1.82) is 0 Å². The van der Waals surface area contributed by atoms with Crippen molar-refractivity contribution in [3.63, 3.8) is 0 Å². The van der Waals surface area contributed by atoms with Crippen LogP contribution in [0, 0.1) is 5.82 Å². The fraction of sp³-hybridized carbons (Fsp3) is 0.333. The zero-order chi connectivity index (χ0) is 16.0. The van der Waals surface area contributed by atoms with Gasteiger partial charge in [-0.2, -0.15) is 0 Å². The van der Waals surface area contributed by atoms with Crippen LogP contribution in [0.25, 0.3) is 5.69 Å². The monoisotopic (exact) mass is 315 g/mol. The molecule has 1 saturated carbocycles. The van der Waals surface area contributed by atoms with Crippen molar-refractivity contribution in [1.82, 2.24) is 25.2 Å². The summed E-state index contributed by atoms with van der Waals surface area (Å²) in [5.74, 6) is -0.524. The average molecular weight is 315 g/mol. The number of benzene rings is 1. The van der Waals surface area contributed by atoms with Crippen LogP contribution < -0.4 is 5.32 Å². The van der Waals surface area contributed by atoms with E-state index < -0.39 is 5.54 Å². The van der Waals surface area contributed by atoms with E-state index >= 15 is 0 Å². The SMILES string of the molecule is O=C1NC2(CCC2)C(=O)N1Cc1cn(-c2ccc(F)cc2)nn1. The largest absolute Gasteiger partial charge is 0.325 e. The second-order valence-corrected chi connectivity index (χ2v) is 5.89. The Morgan fingerprint density at radius 3 is 2.57 bits per heavy atom. The Balaban J connectivity index is 1.53. The number of halogens is 1. The van der Waals surface area contributed by atoms with Gasteiger partial charge in [-0.15, -0.1) is 5.10 Å². The number of nitrogens with zero attached hydrogens (tertiary/aromatic N) is 4. The van der Waals surface area contributed by atoms with E-state index in [1.165, 1.54) is 21.7 Å². The molecule has 1 aliphatic heterocycles. The highest BCUT2D eigenvalue weighted by Crippen LogP contribution is 2.37. The van der Waals surface area contributed by atoms with Gasteiger partial charge in [0, 0.05) is 0 Å². The lowest BCUT2D eigenvalue weighted by Crippen LogP contribution is -2.52. The lowest BCUT2D eigenvalue weighted by atomic mass is 9.77. The topological polar surface area (TPSA) is 80.1 Å². The molecule has 1 saturated heterocycles. The van der Waals surface area contributed by atoms with Crippen molar-refractivity contribution >= 4 is 11.9 Å². The number of hydrogen-bond donors (Lipinski definition) is 1. The summed E-state index contributed by atoms with van der Waals surface area (Å²) >= 11 is 0. The molecule has 2 aromatic rings. The van der Waals surface area contributed by atoms with Gasteiger partial charge in [-0.05, 0) is 43.5 Å². The maximum Gasteiger partial charge on any atom is 0.325 e. The number of aromatic nitrogens is 3. The number of urea groups is 1. The van der Waals surface area contributed by atoms with E-state index in [9.17, 15) is 14.0 Å². The minimum absolute atomic E-state index is 0.0770. The van der Waals surface area contributed by atoms with Gasteiger partial charge in [0.1, 0.15) is 17.1 Å². The summed E-state index contributed by atoms with van der Waals surface area (Å²) in [6.45, 7) is 0.0770. The first-order valence-electron chi connectivity index (χ1n) is 7.39. The number of nitrogens with one attached hydrogen (secondary N) is 1. The molecule has 0 atom stereocenters. The third-order valence-electron chi connectivity index (χ3n) is 4.41. The van der Waals surface area contributed by atoms with Crippen LogP contribution in [0.15, 0.2) is 30.5 Å². The van der Waals surface area contributed by atoms with E-state index in [4.69, 9.17) is 0 Å². The van der Waals surface area contributed by atoms with Crippen molar-refractivity contribution in [2.24, 2.45) is 0 Å². The highest BCUT2D eigenvalue weighted by molar-refractivity contribution is 6.07. The predicted octanol–water partition coefficient (Wildman–Crippen LogP) is 1.38. The molecule has 8 heteroatoms. The quantitative estimate of drug-likeness (QED) is 0.868. The molecule has 3 amide bonds. The van der Waals surface area contributed by atoms with Crippen molar-refractivity contribution < 1.29 is 14.0 Å². The summed E-state index contributed by atoms with van der Waals surface area (Å²) in [7, 11) is 0. The van der Waals surface area contributed by atoms with Gasteiger partial charge in [0.15, 0.2) is 0 Å². The minimum Gasteiger partial charge on any atom is -0.323 e. The number of carbonyl (C=O) groups excluding carboxylic acids is 2. The Morgan fingerprint density at radius 1 is 1.22 bits per heavy atom. The zero-order valence-electron chi connectivity index (χ0n) is 12.2. The van der Waals surface area contributed by atoms with E-state index in [0.717, 1.165) is 6.42 Å². The van der Waals surface area contributed by atoms with Crippen molar-refractivity contribution in [3.05, 3.63) is 42.0 Å². The van der Waals surface area contributed by atoms with E-state index in [1.807, 2.05) is 0 Å². The summed E-state index contributed by atoms with van der Waals surface area (Å²) in [4.78, 5) is 25.6. The number of carbonyl (C=O) groups is 2. The number of imide groups is 1. The lowest BCUT2D eigenvalue weighted by Gasteiger charge is -2.34. The van der Waals surface area contributed by atoms with E-state index in [1.54, 1.807) is 18.3 Å². The van der Waals surface area contributed by atoms with Gasteiger partial charge in [-0.25, -0.2) is 13.9 Å². The molecule has 1 aliphatic carbocycles. The highest BCUT2D eigenvalue weighted by atomic mass is 19.1. The van der Waals surface area contributed by atoms with E-state index in [2.05, 4.69) is 15.6 Å². The Labute approximate surface area is 131 Å². The predicted molar refractivity (Wildman–Crippen MR) is 77.0 cm³/mol. The van der Waals surface area contributed by atoms with Crippen molar-refractivity contribution in [2.45, 2.75) is 31.3 Å². The van der Waals surface area contributed by atoms with Crippen LogP contribution in [0.4, 0.5) is 9.18 Å². The zero-order valence-corrected chi connectivity index (χ0v) is 12.2. The second kappa shape index (κ2) is 4.87. The van der Waals surface area contributed by atoms with Gasteiger partial charge in [0.2, 0.25) is 0 Å². The number of hydrogen-bond acceptors (Lipinski definition) is 4. The number of amides is 3. The first-order valence-corrected chi connectivity index (χ1v) is 7.39. The van der Waals surface area contributed by atoms with Crippen LogP contribution in [0.5, 0.6) is 0 Å². The van der Waals surface area contributed by atoms with Gasteiger partial charge in [-0.1, -0.05) is 5.21 Å². The Bertz CT molecular complexity index is 781. The van der Waals surface area contributed by atoms with Crippen molar-refractivity contribution in [3.8, 4) is 5.69 Å². The highest BCUT2D eigenvalue weighted by Gasteiger charge is 2.54.